The highest BCUT2D eigenvalue weighted by Gasteiger charge is 2.16. The molecule has 1 rings (SSSR count). The molecule has 1 aromatic carbocycles. The van der Waals surface area contributed by atoms with Gasteiger partial charge < -0.3 is 0 Å². The molecule has 124 valence electrons. The summed E-state index contributed by atoms with van der Waals surface area (Å²) in [6, 6.07) is 5.66. The SMILES string of the molecule is CCN(CC)C(C)CNS(=O)(=O)Cc1ccc([N+](=O)[O-])cc1. The third-order valence-corrected chi connectivity index (χ3v) is 4.86. The summed E-state index contributed by atoms with van der Waals surface area (Å²) in [5.41, 5.74) is 0.470. The van der Waals surface area contributed by atoms with Gasteiger partial charge in [-0.25, -0.2) is 13.1 Å². The lowest BCUT2D eigenvalue weighted by atomic mass is 10.2. The summed E-state index contributed by atoms with van der Waals surface area (Å²) in [6.45, 7) is 8.11. The Bertz CT molecular complexity index is 583. The Hall–Kier alpha value is -1.51. The number of non-ortho nitro benzene ring substituents is 1. The highest BCUT2D eigenvalue weighted by Crippen LogP contribution is 2.13. The van der Waals surface area contributed by atoms with Gasteiger partial charge in [0.25, 0.3) is 5.69 Å². The molecule has 0 bridgehead atoms. The molecule has 1 unspecified atom stereocenters. The first-order valence-corrected chi connectivity index (χ1v) is 8.89. The molecule has 0 fully saturated rings. The Morgan fingerprint density at radius 2 is 1.77 bits per heavy atom. The molecule has 0 aromatic heterocycles. The number of rotatable bonds is 9. The molecule has 0 heterocycles. The zero-order chi connectivity index (χ0) is 16.8. The fraction of sp³-hybridized carbons (Fsp3) is 0.571. The van der Waals surface area contributed by atoms with Crippen LogP contribution in [0.2, 0.25) is 0 Å². The molecule has 1 aromatic rings. The fourth-order valence-corrected chi connectivity index (χ4v) is 3.44. The average molecular weight is 329 g/mol. The number of sulfonamides is 1. The largest absolute Gasteiger partial charge is 0.300 e. The first-order chi connectivity index (χ1) is 10.3. The fourth-order valence-electron chi connectivity index (χ4n) is 2.21. The number of benzene rings is 1. The van der Waals surface area contributed by atoms with Gasteiger partial charge >= 0.3 is 0 Å². The number of likely N-dealkylation sites (N-methyl/N-ethyl adjacent to an activating group) is 1. The zero-order valence-electron chi connectivity index (χ0n) is 13.2. The Morgan fingerprint density at radius 1 is 1.23 bits per heavy atom. The number of nitro benzene ring substituents is 1. The van der Waals surface area contributed by atoms with Crippen molar-refractivity contribution in [1.29, 1.82) is 0 Å². The maximum Gasteiger partial charge on any atom is 0.269 e. The number of nitro groups is 1. The van der Waals surface area contributed by atoms with E-state index in [9.17, 15) is 18.5 Å². The van der Waals surface area contributed by atoms with Crippen LogP contribution in [-0.4, -0.2) is 43.9 Å². The van der Waals surface area contributed by atoms with Gasteiger partial charge in [0.15, 0.2) is 0 Å². The van der Waals surface area contributed by atoms with E-state index < -0.39 is 14.9 Å². The first kappa shape index (κ1) is 18.5. The van der Waals surface area contributed by atoms with Crippen molar-refractivity contribution in [2.75, 3.05) is 19.6 Å². The predicted octanol–water partition coefficient (Wildman–Crippen LogP) is 1.74. The summed E-state index contributed by atoms with van der Waals surface area (Å²) in [5.74, 6) is -0.185. The first-order valence-electron chi connectivity index (χ1n) is 7.23. The molecular weight excluding hydrogens is 306 g/mol. The van der Waals surface area contributed by atoms with E-state index in [1.165, 1.54) is 24.3 Å². The Kier molecular flexibility index (Phi) is 6.92. The lowest BCUT2D eigenvalue weighted by molar-refractivity contribution is -0.384. The van der Waals surface area contributed by atoms with E-state index in [-0.39, 0.29) is 17.5 Å². The minimum atomic E-state index is -3.46. The van der Waals surface area contributed by atoms with Gasteiger partial charge in [-0.05, 0) is 25.6 Å². The highest BCUT2D eigenvalue weighted by atomic mass is 32.2. The maximum absolute atomic E-state index is 12.1. The minimum absolute atomic E-state index is 0.0516. The summed E-state index contributed by atoms with van der Waals surface area (Å²) in [6.07, 6.45) is 0. The van der Waals surface area contributed by atoms with Crippen molar-refractivity contribution in [1.82, 2.24) is 9.62 Å². The van der Waals surface area contributed by atoms with Gasteiger partial charge in [0, 0.05) is 24.7 Å². The van der Waals surface area contributed by atoms with E-state index in [1.807, 2.05) is 20.8 Å². The molecule has 0 aliphatic rings. The van der Waals surface area contributed by atoms with E-state index in [4.69, 9.17) is 0 Å². The van der Waals surface area contributed by atoms with Gasteiger partial charge in [0.1, 0.15) is 0 Å². The molecule has 7 nitrogen and oxygen atoms in total. The number of hydrogen-bond donors (Lipinski definition) is 1. The highest BCUT2D eigenvalue weighted by molar-refractivity contribution is 7.88. The van der Waals surface area contributed by atoms with Gasteiger partial charge in [0.05, 0.1) is 10.7 Å². The molecule has 1 atom stereocenters. The predicted molar refractivity (Wildman–Crippen MR) is 86.1 cm³/mol. The second kappa shape index (κ2) is 8.21. The smallest absolute Gasteiger partial charge is 0.269 e. The average Bonchev–Trinajstić information content (AvgIpc) is 2.46. The molecule has 0 aliphatic heterocycles. The Labute approximate surface area is 131 Å². The van der Waals surface area contributed by atoms with Crippen LogP contribution in [0.4, 0.5) is 5.69 Å². The van der Waals surface area contributed by atoms with Gasteiger partial charge in [-0.1, -0.05) is 26.0 Å². The van der Waals surface area contributed by atoms with Crippen LogP contribution in [-0.2, 0) is 15.8 Å². The van der Waals surface area contributed by atoms with Crippen molar-refractivity contribution >= 4 is 15.7 Å². The number of nitrogens with one attached hydrogen (secondary N) is 1. The Balaban J connectivity index is 2.62. The summed E-state index contributed by atoms with van der Waals surface area (Å²) >= 11 is 0. The molecule has 8 heteroatoms. The second-order valence-electron chi connectivity index (χ2n) is 5.10. The van der Waals surface area contributed by atoms with Crippen LogP contribution < -0.4 is 4.72 Å². The molecule has 1 N–H and O–H groups in total. The van der Waals surface area contributed by atoms with Crippen LogP contribution in [0.25, 0.3) is 0 Å². The van der Waals surface area contributed by atoms with Crippen molar-refractivity contribution in [3.63, 3.8) is 0 Å². The van der Waals surface area contributed by atoms with Crippen LogP contribution >= 0.6 is 0 Å². The van der Waals surface area contributed by atoms with E-state index in [1.54, 1.807) is 0 Å². The number of nitrogens with zero attached hydrogens (tertiary/aromatic N) is 2. The van der Waals surface area contributed by atoms with Gasteiger partial charge in [-0.3, -0.25) is 15.0 Å². The number of hydrogen-bond acceptors (Lipinski definition) is 5. The second-order valence-corrected chi connectivity index (χ2v) is 6.91. The molecular formula is C14H23N3O4S. The van der Waals surface area contributed by atoms with Crippen LogP contribution in [0, 0.1) is 10.1 Å². The summed E-state index contributed by atoms with van der Waals surface area (Å²) in [4.78, 5) is 12.2. The van der Waals surface area contributed by atoms with E-state index in [0.717, 1.165) is 13.1 Å². The van der Waals surface area contributed by atoms with Crippen molar-refractivity contribution < 1.29 is 13.3 Å². The molecule has 0 radical (unpaired) electrons. The van der Waals surface area contributed by atoms with Crippen LogP contribution in [0.1, 0.15) is 26.3 Å². The minimum Gasteiger partial charge on any atom is -0.300 e. The van der Waals surface area contributed by atoms with Crippen molar-refractivity contribution in [3.05, 3.63) is 39.9 Å². The standard InChI is InChI=1S/C14H23N3O4S/c1-4-16(5-2)12(3)10-15-22(20,21)11-13-6-8-14(9-7-13)17(18)19/h6-9,12,15H,4-5,10-11H2,1-3H3. The molecule has 0 saturated heterocycles. The van der Waals surface area contributed by atoms with Crippen molar-refractivity contribution in [3.8, 4) is 0 Å². The zero-order valence-corrected chi connectivity index (χ0v) is 14.0. The molecule has 0 spiro atoms. The van der Waals surface area contributed by atoms with Crippen LogP contribution in [0.5, 0.6) is 0 Å². The summed E-state index contributed by atoms with van der Waals surface area (Å²) in [5, 5.41) is 10.6. The molecule has 22 heavy (non-hydrogen) atoms. The quantitative estimate of drug-likeness (QED) is 0.550. The third kappa shape index (κ3) is 5.70. The molecule has 0 aliphatic carbocycles. The van der Waals surface area contributed by atoms with E-state index in [2.05, 4.69) is 9.62 Å². The van der Waals surface area contributed by atoms with Gasteiger partial charge in [-0.2, -0.15) is 0 Å². The monoisotopic (exact) mass is 329 g/mol. The molecule has 0 saturated carbocycles. The molecule has 0 amide bonds. The van der Waals surface area contributed by atoms with Crippen molar-refractivity contribution in [2.45, 2.75) is 32.6 Å². The topological polar surface area (TPSA) is 92.6 Å². The lowest BCUT2D eigenvalue weighted by Gasteiger charge is -2.26. The van der Waals surface area contributed by atoms with E-state index in [0.29, 0.717) is 12.1 Å². The van der Waals surface area contributed by atoms with Crippen LogP contribution in [0.15, 0.2) is 24.3 Å². The lowest BCUT2D eigenvalue weighted by Crippen LogP contribution is -2.42. The Morgan fingerprint density at radius 3 is 2.23 bits per heavy atom. The van der Waals surface area contributed by atoms with Crippen LogP contribution in [0.3, 0.4) is 0 Å². The maximum atomic E-state index is 12.1. The van der Waals surface area contributed by atoms with Gasteiger partial charge in [-0.15, -0.1) is 0 Å². The normalized spacial score (nSPS) is 13.3. The summed E-state index contributed by atoms with van der Waals surface area (Å²) in [7, 11) is -3.46. The van der Waals surface area contributed by atoms with E-state index >= 15 is 0 Å². The van der Waals surface area contributed by atoms with Gasteiger partial charge in [0.2, 0.25) is 10.0 Å². The summed E-state index contributed by atoms with van der Waals surface area (Å²) < 4.78 is 26.7. The van der Waals surface area contributed by atoms with Crippen molar-refractivity contribution in [2.24, 2.45) is 0 Å². The third-order valence-electron chi connectivity index (χ3n) is 3.54.